The van der Waals surface area contributed by atoms with E-state index in [2.05, 4.69) is 10.6 Å². The van der Waals surface area contributed by atoms with E-state index in [1.54, 1.807) is 0 Å². The molecule has 0 spiro atoms. The van der Waals surface area contributed by atoms with Gasteiger partial charge in [-0.25, -0.2) is 0 Å². The lowest BCUT2D eigenvalue weighted by Gasteiger charge is -2.60. The molecule has 0 aromatic carbocycles. The zero-order chi connectivity index (χ0) is 13.8. The van der Waals surface area contributed by atoms with E-state index >= 15 is 0 Å². The van der Waals surface area contributed by atoms with Crippen LogP contribution in [-0.4, -0.2) is 23.6 Å². The molecule has 4 amide bonds. The Morgan fingerprint density at radius 3 is 1.35 bits per heavy atom. The van der Waals surface area contributed by atoms with Crippen LogP contribution < -0.4 is 10.6 Å². The molecule has 8 atom stereocenters. The summed E-state index contributed by atoms with van der Waals surface area (Å²) < 4.78 is 0. The standard InChI is InChI=1S/C14H12N2O4/c17-11-7-3-1-2-4(8(7)12(18)15-11)6-5(3)9-10(6)14(20)16-13(9)19/h1-10H,(H,15,17,18)(H,16,19,20)/t3-,4?,5-,6?,7+,8+,9+,10+/m0/s1. The second-order valence-corrected chi connectivity index (χ2v) is 6.50. The summed E-state index contributed by atoms with van der Waals surface area (Å²) in [4.78, 5) is 47.8. The molecule has 0 radical (unpaired) electrons. The highest BCUT2D eigenvalue weighted by atomic mass is 16.2. The fraction of sp³-hybridized carbons (Fsp3) is 0.571. The Labute approximate surface area is 114 Å². The molecule has 2 heterocycles. The van der Waals surface area contributed by atoms with Gasteiger partial charge in [0.15, 0.2) is 0 Å². The van der Waals surface area contributed by atoms with Crippen LogP contribution in [0.1, 0.15) is 0 Å². The molecular weight excluding hydrogens is 260 g/mol. The van der Waals surface area contributed by atoms with Gasteiger partial charge in [0.1, 0.15) is 0 Å². The normalized spacial score (nSPS) is 54.0. The Morgan fingerprint density at radius 1 is 0.600 bits per heavy atom. The van der Waals surface area contributed by atoms with Gasteiger partial charge in [0, 0.05) is 0 Å². The summed E-state index contributed by atoms with van der Waals surface area (Å²) in [6.07, 6.45) is 3.97. The maximum absolute atomic E-state index is 12.0. The van der Waals surface area contributed by atoms with Crippen molar-refractivity contribution in [1.82, 2.24) is 10.6 Å². The second kappa shape index (κ2) is 3.02. The topological polar surface area (TPSA) is 92.3 Å². The van der Waals surface area contributed by atoms with Gasteiger partial charge in [0.25, 0.3) is 0 Å². The first-order valence-corrected chi connectivity index (χ1v) is 6.97. The SMILES string of the molecule is O=C1NC(=O)[C@@H]2C3C=C[C@H]([C@@H]12)[C@H]1C3[C@H]2C(=O)NC(=O)[C@H]12. The lowest BCUT2D eigenvalue weighted by atomic mass is 9.40. The van der Waals surface area contributed by atoms with Gasteiger partial charge in [-0.3, -0.25) is 29.8 Å². The zero-order valence-corrected chi connectivity index (χ0v) is 10.4. The summed E-state index contributed by atoms with van der Waals surface area (Å²) in [5.41, 5.74) is 0. The highest BCUT2D eigenvalue weighted by molar-refractivity contribution is 6.09. The van der Waals surface area contributed by atoms with E-state index in [9.17, 15) is 19.2 Å². The number of rotatable bonds is 0. The molecule has 2 unspecified atom stereocenters. The highest BCUT2D eigenvalue weighted by Crippen LogP contribution is 2.66. The molecule has 4 fully saturated rings. The molecule has 0 aromatic rings. The van der Waals surface area contributed by atoms with Crippen molar-refractivity contribution in [2.45, 2.75) is 0 Å². The molecule has 20 heavy (non-hydrogen) atoms. The Kier molecular flexibility index (Phi) is 1.63. The fourth-order valence-corrected chi connectivity index (χ4v) is 5.44. The van der Waals surface area contributed by atoms with Crippen molar-refractivity contribution < 1.29 is 19.2 Å². The van der Waals surface area contributed by atoms with Gasteiger partial charge in [0.2, 0.25) is 23.6 Å². The largest absolute Gasteiger partial charge is 0.296 e. The van der Waals surface area contributed by atoms with Crippen molar-refractivity contribution in [3.8, 4) is 0 Å². The first kappa shape index (κ1) is 10.8. The van der Waals surface area contributed by atoms with Crippen molar-refractivity contribution in [2.75, 3.05) is 0 Å². The van der Waals surface area contributed by atoms with Crippen LogP contribution in [0, 0.1) is 47.3 Å². The molecule has 2 saturated carbocycles. The summed E-state index contributed by atoms with van der Waals surface area (Å²) in [6, 6.07) is 0. The average molecular weight is 272 g/mol. The number of hydrogen-bond donors (Lipinski definition) is 2. The molecule has 2 aliphatic heterocycles. The van der Waals surface area contributed by atoms with Crippen LogP contribution in [0.4, 0.5) is 0 Å². The van der Waals surface area contributed by atoms with Gasteiger partial charge in [0.05, 0.1) is 23.7 Å². The van der Waals surface area contributed by atoms with E-state index in [0.29, 0.717) is 0 Å². The van der Waals surface area contributed by atoms with Crippen molar-refractivity contribution in [3.63, 3.8) is 0 Å². The molecule has 6 heteroatoms. The third-order valence-corrected chi connectivity index (χ3v) is 6.03. The summed E-state index contributed by atoms with van der Waals surface area (Å²) >= 11 is 0. The Bertz CT molecular complexity index is 587. The molecule has 6 rings (SSSR count). The Balaban J connectivity index is 1.63. The van der Waals surface area contributed by atoms with Crippen molar-refractivity contribution in [3.05, 3.63) is 12.2 Å². The smallest absolute Gasteiger partial charge is 0.231 e. The number of carbonyl (C=O) groups is 4. The van der Waals surface area contributed by atoms with Crippen LogP contribution in [-0.2, 0) is 19.2 Å². The van der Waals surface area contributed by atoms with Gasteiger partial charge in [-0.1, -0.05) is 12.2 Å². The van der Waals surface area contributed by atoms with E-state index in [4.69, 9.17) is 0 Å². The molecule has 2 N–H and O–H groups in total. The number of carbonyl (C=O) groups excluding carboxylic acids is 4. The van der Waals surface area contributed by atoms with Crippen molar-refractivity contribution >= 4 is 23.6 Å². The first-order chi connectivity index (χ1) is 9.59. The molecular formula is C14H12N2O4. The number of allylic oxidation sites excluding steroid dienone is 2. The predicted octanol–water partition coefficient (Wildman–Crippen LogP) is -1.17. The van der Waals surface area contributed by atoms with Gasteiger partial charge in [-0.05, 0) is 23.7 Å². The number of amides is 4. The fourth-order valence-electron chi connectivity index (χ4n) is 5.44. The Hall–Kier alpha value is -1.98. The predicted molar refractivity (Wildman–Crippen MR) is 63.4 cm³/mol. The van der Waals surface area contributed by atoms with E-state index in [1.807, 2.05) is 12.2 Å². The summed E-state index contributed by atoms with van der Waals surface area (Å²) in [5, 5.41) is 4.81. The third-order valence-electron chi connectivity index (χ3n) is 6.03. The van der Waals surface area contributed by atoms with Gasteiger partial charge in [-0.2, -0.15) is 0 Å². The Morgan fingerprint density at radius 2 is 0.950 bits per heavy atom. The van der Waals surface area contributed by atoms with Crippen LogP contribution in [0.3, 0.4) is 0 Å². The highest BCUT2D eigenvalue weighted by Gasteiger charge is 2.72. The van der Waals surface area contributed by atoms with Gasteiger partial charge in [-0.15, -0.1) is 0 Å². The molecule has 102 valence electrons. The van der Waals surface area contributed by atoms with Crippen LogP contribution in [0.5, 0.6) is 0 Å². The molecule has 2 bridgehead atoms. The maximum atomic E-state index is 12.0. The third kappa shape index (κ3) is 0.910. The van der Waals surface area contributed by atoms with Gasteiger partial charge < -0.3 is 0 Å². The quantitative estimate of drug-likeness (QED) is 0.429. The van der Waals surface area contributed by atoms with E-state index in [-0.39, 0.29) is 71.0 Å². The van der Waals surface area contributed by atoms with E-state index in [1.165, 1.54) is 0 Å². The first-order valence-electron chi connectivity index (χ1n) is 6.97. The lowest BCUT2D eigenvalue weighted by Crippen LogP contribution is -2.63. The molecule has 2 saturated heterocycles. The number of nitrogens with one attached hydrogen (secondary N) is 2. The van der Waals surface area contributed by atoms with E-state index in [0.717, 1.165) is 0 Å². The molecule has 4 aliphatic carbocycles. The maximum Gasteiger partial charge on any atom is 0.231 e. The minimum atomic E-state index is -0.344. The van der Waals surface area contributed by atoms with Crippen LogP contribution in [0.2, 0.25) is 0 Å². The van der Waals surface area contributed by atoms with Crippen LogP contribution in [0.15, 0.2) is 12.2 Å². The summed E-state index contributed by atoms with van der Waals surface area (Å²) in [6.45, 7) is 0. The number of imide groups is 2. The number of fused-ring (bicyclic) bond motifs is 1. The van der Waals surface area contributed by atoms with E-state index < -0.39 is 0 Å². The lowest BCUT2D eigenvalue weighted by molar-refractivity contribution is -0.166. The molecule has 6 aliphatic rings. The zero-order valence-electron chi connectivity index (χ0n) is 10.4. The van der Waals surface area contributed by atoms with Crippen molar-refractivity contribution in [1.29, 1.82) is 0 Å². The number of hydrogen-bond acceptors (Lipinski definition) is 4. The van der Waals surface area contributed by atoms with Crippen LogP contribution >= 0.6 is 0 Å². The summed E-state index contributed by atoms with van der Waals surface area (Å²) in [5.74, 6) is -2.21. The minimum absolute atomic E-state index is 0.0411. The monoisotopic (exact) mass is 272 g/mol. The molecule has 0 aromatic heterocycles. The van der Waals surface area contributed by atoms with Crippen LogP contribution in [0.25, 0.3) is 0 Å². The minimum Gasteiger partial charge on any atom is -0.296 e. The second-order valence-electron chi connectivity index (χ2n) is 6.50. The van der Waals surface area contributed by atoms with Gasteiger partial charge >= 0.3 is 0 Å². The average Bonchev–Trinajstić information content (AvgIpc) is 2.78. The molecule has 6 nitrogen and oxygen atoms in total. The van der Waals surface area contributed by atoms with Crippen molar-refractivity contribution in [2.24, 2.45) is 47.3 Å². The summed E-state index contributed by atoms with van der Waals surface area (Å²) in [7, 11) is 0.